The van der Waals surface area contributed by atoms with E-state index in [4.69, 9.17) is 11.6 Å². The van der Waals surface area contributed by atoms with Gasteiger partial charge in [-0.3, -0.25) is 4.57 Å². The molecule has 2 N–H and O–H groups in total. The topological polar surface area (TPSA) is 83.5 Å². The summed E-state index contributed by atoms with van der Waals surface area (Å²) in [5, 5.41) is 21.9. The van der Waals surface area contributed by atoms with E-state index in [0.717, 1.165) is 19.4 Å². The lowest BCUT2D eigenvalue weighted by Gasteiger charge is -2.37. The number of β-amino-alcohol motifs (C(OH)–C–C–N with tert-alkyl or cyclic N) is 1. The summed E-state index contributed by atoms with van der Waals surface area (Å²) in [6, 6.07) is 11.0. The number of rotatable bonds is 4. The van der Waals surface area contributed by atoms with Gasteiger partial charge in [-0.05, 0) is 67.3 Å². The predicted octanol–water partition coefficient (Wildman–Crippen LogP) is 4.75. The number of phenolic OH excluding ortho intramolecular Hbond substituents is 1. The SMILES string of the molecule is Cn1ccn(-c2ccc(-c3cc(F)cc(-c4ccnc(N5CCCC(C)(O)C5)c4)c3O)cc2Cl)c1=O. The van der Waals surface area contributed by atoms with Crippen molar-refractivity contribution in [2.45, 2.75) is 25.4 Å². The maximum absolute atomic E-state index is 14.8. The summed E-state index contributed by atoms with van der Waals surface area (Å²) in [4.78, 5) is 18.7. The highest BCUT2D eigenvalue weighted by atomic mass is 35.5. The number of aryl methyl sites for hydroxylation is 1. The highest BCUT2D eigenvalue weighted by molar-refractivity contribution is 6.32. The normalized spacial score (nSPS) is 18.0. The van der Waals surface area contributed by atoms with Gasteiger partial charge in [0.25, 0.3) is 0 Å². The van der Waals surface area contributed by atoms with Gasteiger partial charge in [-0.15, -0.1) is 0 Å². The molecule has 4 aromatic rings. The van der Waals surface area contributed by atoms with Gasteiger partial charge in [-0.2, -0.15) is 0 Å². The minimum atomic E-state index is -0.805. The zero-order chi connectivity index (χ0) is 25.6. The Labute approximate surface area is 212 Å². The van der Waals surface area contributed by atoms with Gasteiger partial charge in [0.15, 0.2) is 0 Å². The summed E-state index contributed by atoms with van der Waals surface area (Å²) in [7, 11) is 1.64. The lowest BCUT2D eigenvalue weighted by Crippen LogP contribution is -2.46. The molecular weight excluding hydrogens is 483 g/mol. The van der Waals surface area contributed by atoms with Crippen LogP contribution < -0.4 is 10.6 Å². The van der Waals surface area contributed by atoms with Crippen LogP contribution in [-0.4, -0.2) is 43.0 Å². The van der Waals surface area contributed by atoms with E-state index in [1.807, 2.05) is 4.90 Å². The van der Waals surface area contributed by atoms with Gasteiger partial charge in [0, 0.05) is 49.9 Å². The molecule has 1 aliphatic rings. The summed E-state index contributed by atoms with van der Waals surface area (Å²) >= 11 is 6.50. The van der Waals surface area contributed by atoms with Crippen LogP contribution in [0.4, 0.5) is 10.2 Å². The fourth-order valence-electron chi connectivity index (χ4n) is 4.73. The Morgan fingerprint density at radius 1 is 1.08 bits per heavy atom. The number of phenols is 1. The zero-order valence-corrected chi connectivity index (χ0v) is 20.7. The first-order valence-electron chi connectivity index (χ1n) is 11.6. The number of anilines is 1. The van der Waals surface area contributed by atoms with Crippen molar-refractivity contribution >= 4 is 17.4 Å². The Bertz CT molecular complexity index is 1510. The number of nitrogens with zero attached hydrogens (tertiary/aromatic N) is 4. The van der Waals surface area contributed by atoms with E-state index in [9.17, 15) is 19.4 Å². The Hall–Kier alpha value is -3.62. The fourth-order valence-corrected chi connectivity index (χ4v) is 5.00. The highest BCUT2D eigenvalue weighted by Gasteiger charge is 2.29. The second kappa shape index (κ2) is 9.11. The molecule has 0 radical (unpaired) electrons. The third kappa shape index (κ3) is 4.50. The van der Waals surface area contributed by atoms with Gasteiger partial charge >= 0.3 is 5.69 Å². The maximum atomic E-state index is 14.8. The van der Waals surface area contributed by atoms with Crippen LogP contribution in [0, 0.1) is 5.82 Å². The molecule has 0 amide bonds. The van der Waals surface area contributed by atoms with E-state index >= 15 is 0 Å². The summed E-state index contributed by atoms with van der Waals surface area (Å²) in [6.07, 6.45) is 6.41. The van der Waals surface area contributed by atoms with Crippen LogP contribution in [0.2, 0.25) is 5.02 Å². The molecule has 5 rings (SSSR count). The third-order valence-electron chi connectivity index (χ3n) is 6.60. The molecule has 9 heteroatoms. The summed E-state index contributed by atoms with van der Waals surface area (Å²) < 4.78 is 17.6. The first-order valence-corrected chi connectivity index (χ1v) is 12.0. The minimum Gasteiger partial charge on any atom is -0.507 e. The average molecular weight is 509 g/mol. The molecule has 2 aromatic heterocycles. The van der Waals surface area contributed by atoms with E-state index in [-0.39, 0.29) is 22.0 Å². The Morgan fingerprint density at radius 3 is 2.44 bits per heavy atom. The molecule has 1 saturated heterocycles. The van der Waals surface area contributed by atoms with Gasteiger partial charge in [0.1, 0.15) is 17.4 Å². The maximum Gasteiger partial charge on any atom is 0.332 e. The van der Waals surface area contributed by atoms with E-state index < -0.39 is 11.4 Å². The first kappa shape index (κ1) is 24.1. The highest BCUT2D eigenvalue weighted by Crippen LogP contribution is 2.41. The number of halogens is 2. The molecule has 7 nitrogen and oxygen atoms in total. The molecule has 0 aliphatic carbocycles. The summed E-state index contributed by atoms with van der Waals surface area (Å²) in [5.74, 6) is 0.0369. The molecule has 2 aromatic carbocycles. The van der Waals surface area contributed by atoms with Crippen LogP contribution in [0.1, 0.15) is 19.8 Å². The van der Waals surface area contributed by atoms with Crippen LogP contribution in [-0.2, 0) is 7.05 Å². The van der Waals surface area contributed by atoms with E-state index in [0.29, 0.717) is 34.7 Å². The van der Waals surface area contributed by atoms with Crippen molar-refractivity contribution < 1.29 is 14.6 Å². The molecule has 0 saturated carbocycles. The van der Waals surface area contributed by atoms with E-state index in [1.165, 1.54) is 21.3 Å². The predicted molar refractivity (Wildman–Crippen MR) is 138 cm³/mol. The number of pyridine rings is 1. The first-order chi connectivity index (χ1) is 17.1. The lowest BCUT2D eigenvalue weighted by atomic mass is 9.94. The van der Waals surface area contributed by atoms with Crippen molar-refractivity contribution in [3.05, 3.63) is 82.4 Å². The van der Waals surface area contributed by atoms with E-state index in [2.05, 4.69) is 4.98 Å². The molecule has 1 unspecified atom stereocenters. The van der Waals surface area contributed by atoms with Crippen LogP contribution in [0.5, 0.6) is 5.75 Å². The van der Waals surface area contributed by atoms with Crippen molar-refractivity contribution in [3.8, 4) is 33.7 Å². The number of benzene rings is 2. The molecule has 1 fully saturated rings. The molecule has 1 atom stereocenters. The van der Waals surface area contributed by atoms with Gasteiger partial charge < -0.3 is 19.7 Å². The number of hydrogen-bond acceptors (Lipinski definition) is 5. The number of imidazole rings is 1. The molecule has 186 valence electrons. The molecular formula is C27H26ClFN4O3. The Morgan fingerprint density at radius 2 is 1.81 bits per heavy atom. The largest absolute Gasteiger partial charge is 0.507 e. The number of piperidine rings is 1. The van der Waals surface area contributed by atoms with Crippen LogP contribution in [0.25, 0.3) is 27.9 Å². The number of aromatic hydroxyl groups is 1. The van der Waals surface area contributed by atoms with Crippen LogP contribution in [0.15, 0.2) is 65.8 Å². The number of aromatic nitrogens is 3. The van der Waals surface area contributed by atoms with Crippen molar-refractivity contribution in [3.63, 3.8) is 0 Å². The van der Waals surface area contributed by atoms with Crippen molar-refractivity contribution in [1.82, 2.24) is 14.1 Å². The van der Waals surface area contributed by atoms with Gasteiger partial charge in [0.2, 0.25) is 0 Å². The van der Waals surface area contributed by atoms with Crippen LogP contribution >= 0.6 is 11.6 Å². The van der Waals surface area contributed by atoms with Crippen molar-refractivity contribution in [1.29, 1.82) is 0 Å². The lowest BCUT2D eigenvalue weighted by molar-refractivity contribution is 0.0447. The summed E-state index contributed by atoms with van der Waals surface area (Å²) in [5.41, 5.74) is 1.13. The molecule has 3 heterocycles. The Balaban J connectivity index is 1.54. The quantitative estimate of drug-likeness (QED) is 0.415. The van der Waals surface area contributed by atoms with Crippen molar-refractivity contribution in [2.75, 3.05) is 18.0 Å². The second-order valence-electron chi connectivity index (χ2n) is 9.50. The summed E-state index contributed by atoms with van der Waals surface area (Å²) in [6.45, 7) is 3.00. The minimum absolute atomic E-state index is 0.0973. The van der Waals surface area contributed by atoms with Gasteiger partial charge in [-0.25, -0.2) is 14.2 Å². The molecule has 0 spiro atoms. The molecule has 0 bridgehead atoms. The van der Waals surface area contributed by atoms with E-state index in [1.54, 1.807) is 62.9 Å². The fraction of sp³-hybridized carbons (Fsp3) is 0.259. The Kier molecular flexibility index (Phi) is 6.10. The number of aliphatic hydroxyl groups is 1. The van der Waals surface area contributed by atoms with Crippen LogP contribution in [0.3, 0.4) is 0 Å². The van der Waals surface area contributed by atoms with Gasteiger partial charge in [0.05, 0.1) is 16.3 Å². The van der Waals surface area contributed by atoms with Crippen molar-refractivity contribution in [2.24, 2.45) is 7.05 Å². The molecule has 1 aliphatic heterocycles. The number of hydrogen-bond donors (Lipinski definition) is 2. The average Bonchev–Trinajstić information content (AvgIpc) is 3.17. The standard InChI is InChI=1S/C27H26ClFN4O3/c1-27(36)7-3-9-32(16-27)24-13-18(6-8-30-24)21-15-19(29)14-20(25(21)34)17-4-5-23(22(28)12-17)33-11-10-31(2)26(33)35/h4-6,8,10-15,34,36H,3,7,9,16H2,1-2H3. The molecule has 36 heavy (non-hydrogen) atoms. The third-order valence-corrected chi connectivity index (χ3v) is 6.90. The smallest absolute Gasteiger partial charge is 0.332 e. The monoisotopic (exact) mass is 508 g/mol. The second-order valence-corrected chi connectivity index (χ2v) is 9.91. The zero-order valence-electron chi connectivity index (χ0n) is 19.9. The van der Waals surface area contributed by atoms with Gasteiger partial charge in [-0.1, -0.05) is 17.7 Å².